The van der Waals surface area contributed by atoms with Gasteiger partial charge in [-0.1, -0.05) is 29.3 Å². The van der Waals surface area contributed by atoms with E-state index in [1.165, 1.54) is 16.4 Å². The molecular weight excluding hydrogens is 566 g/mol. The number of benzene rings is 2. The van der Waals surface area contributed by atoms with Gasteiger partial charge in [-0.05, 0) is 68.1 Å². The number of piperidine rings is 1. The molecule has 39 heavy (non-hydrogen) atoms. The predicted octanol–water partition coefficient (Wildman–Crippen LogP) is 5.55. The monoisotopic (exact) mass is 592 g/mol. The number of fused-ring (bicyclic) bond motifs is 2. The van der Waals surface area contributed by atoms with E-state index in [0.29, 0.717) is 29.7 Å². The molecule has 8 nitrogen and oxygen atoms in total. The summed E-state index contributed by atoms with van der Waals surface area (Å²) in [6.45, 7) is 3.85. The van der Waals surface area contributed by atoms with Crippen LogP contribution in [0.3, 0.4) is 0 Å². The molecule has 1 aromatic heterocycles. The van der Waals surface area contributed by atoms with Crippen molar-refractivity contribution in [3.63, 3.8) is 0 Å². The second-order valence-electron chi connectivity index (χ2n) is 9.72. The standard InChI is InChI=1S/C27H27Cl2FN4O4S/c1-3-39(36,37)34-10-8-27(9-11-34)18-12-16(4-7-21(18)33-26(27)35)17-13-22(25(31)32-14-17)38-15(2)23-19(28)5-6-20(30)24(23)29/h4-7,12-15H,3,8-11H2,1-2H3,(H2,31,32)(H,33,35)/t15-/m1/s1. The van der Waals surface area contributed by atoms with E-state index in [4.69, 9.17) is 33.7 Å². The number of carbonyl (C=O) groups excluding carboxylic acids is 1. The molecule has 1 fully saturated rings. The third kappa shape index (κ3) is 4.84. The van der Waals surface area contributed by atoms with Crippen LogP contribution in [0.1, 0.15) is 43.9 Å². The van der Waals surface area contributed by atoms with Gasteiger partial charge in [-0.15, -0.1) is 0 Å². The lowest BCUT2D eigenvalue weighted by atomic mass is 9.73. The summed E-state index contributed by atoms with van der Waals surface area (Å²) in [6.07, 6.45) is 1.64. The fraction of sp³-hybridized carbons (Fsp3) is 0.333. The number of hydrogen-bond donors (Lipinski definition) is 2. The lowest BCUT2D eigenvalue weighted by Gasteiger charge is -2.37. The zero-order valence-electron chi connectivity index (χ0n) is 21.3. The molecule has 0 unspecified atom stereocenters. The molecule has 0 radical (unpaired) electrons. The van der Waals surface area contributed by atoms with Gasteiger partial charge in [0.15, 0.2) is 11.6 Å². The lowest BCUT2D eigenvalue weighted by Crippen LogP contribution is -2.48. The number of aromatic nitrogens is 1. The molecule has 1 spiro atoms. The maximum Gasteiger partial charge on any atom is 0.235 e. The largest absolute Gasteiger partial charge is 0.482 e. The number of nitrogens with one attached hydrogen (secondary N) is 1. The smallest absolute Gasteiger partial charge is 0.235 e. The van der Waals surface area contributed by atoms with Crippen LogP contribution in [0.15, 0.2) is 42.6 Å². The Morgan fingerprint density at radius 1 is 1.18 bits per heavy atom. The fourth-order valence-electron chi connectivity index (χ4n) is 5.29. The van der Waals surface area contributed by atoms with Crippen molar-refractivity contribution in [1.82, 2.24) is 9.29 Å². The molecule has 0 bridgehead atoms. The molecule has 1 saturated heterocycles. The first-order valence-electron chi connectivity index (χ1n) is 12.5. The van der Waals surface area contributed by atoms with E-state index >= 15 is 0 Å². The van der Waals surface area contributed by atoms with Crippen molar-refractivity contribution in [2.75, 3.05) is 29.9 Å². The molecule has 3 aromatic rings. The highest BCUT2D eigenvalue weighted by atomic mass is 35.5. The van der Waals surface area contributed by atoms with Gasteiger partial charge in [-0.25, -0.2) is 22.1 Å². The number of nitrogen functional groups attached to an aromatic ring is 1. The van der Waals surface area contributed by atoms with Crippen molar-refractivity contribution in [1.29, 1.82) is 0 Å². The van der Waals surface area contributed by atoms with Crippen molar-refractivity contribution < 1.29 is 22.3 Å². The number of ether oxygens (including phenoxy) is 1. The van der Waals surface area contributed by atoms with E-state index in [0.717, 1.165) is 11.1 Å². The first kappa shape index (κ1) is 27.6. The number of sulfonamides is 1. The van der Waals surface area contributed by atoms with Crippen LogP contribution in [-0.4, -0.2) is 42.5 Å². The Hall–Kier alpha value is -2.92. The average Bonchev–Trinajstić information content (AvgIpc) is 3.18. The number of carbonyl (C=O) groups is 1. The number of nitrogens with zero attached hydrogens (tertiary/aromatic N) is 2. The first-order valence-corrected chi connectivity index (χ1v) is 14.8. The highest BCUT2D eigenvalue weighted by molar-refractivity contribution is 7.89. The highest BCUT2D eigenvalue weighted by Crippen LogP contribution is 2.47. The number of hydrogen-bond acceptors (Lipinski definition) is 6. The fourth-order valence-corrected chi connectivity index (χ4v) is 7.07. The Bertz CT molecular complexity index is 1580. The zero-order valence-corrected chi connectivity index (χ0v) is 23.6. The molecule has 2 aliphatic rings. The maximum absolute atomic E-state index is 14.1. The Morgan fingerprint density at radius 3 is 2.59 bits per heavy atom. The highest BCUT2D eigenvalue weighted by Gasteiger charge is 2.49. The molecule has 5 rings (SSSR count). The quantitative estimate of drug-likeness (QED) is 0.362. The normalized spacial score (nSPS) is 17.6. The van der Waals surface area contributed by atoms with Crippen molar-refractivity contribution in [2.24, 2.45) is 0 Å². The summed E-state index contributed by atoms with van der Waals surface area (Å²) in [7, 11) is -3.33. The first-order chi connectivity index (χ1) is 18.5. The molecular formula is C27H27Cl2FN4O4S. The minimum Gasteiger partial charge on any atom is -0.482 e. The van der Waals surface area contributed by atoms with E-state index in [9.17, 15) is 17.6 Å². The minimum atomic E-state index is -3.33. The molecule has 12 heteroatoms. The molecule has 3 N–H and O–H groups in total. The Balaban J connectivity index is 1.45. The van der Waals surface area contributed by atoms with E-state index in [1.54, 1.807) is 26.1 Å². The van der Waals surface area contributed by atoms with Gasteiger partial charge in [0, 0.05) is 41.1 Å². The molecule has 0 saturated carbocycles. The predicted molar refractivity (Wildman–Crippen MR) is 150 cm³/mol. The topological polar surface area (TPSA) is 115 Å². The number of halogens is 3. The van der Waals surface area contributed by atoms with Crippen LogP contribution in [0.5, 0.6) is 5.75 Å². The molecule has 2 aromatic carbocycles. The molecule has 206 valence electrons. The van der Waals surface area contributed by atoms with E-state index in [-0.39, 0.29) is 46.4 Å². The second kappa shape index (κ2) is 10.2. The summed E-state index contributed by atoms with van der Waals surface area (Å²) in [6, 6.07) is 9.93. The van der Waals surface area contributed by atoms with Crippen molar-refractivity contribution in [2.45, 2.75) is 38.2 Å². The summed E-state index contributed by atoms with van der Waals surface area (Å²) in [5.74, 6) is -0.315. The molecule has 3 heterocycles. The van der Waals surface area contributed by atoms with E-state index < -0.39 is 27.4 Å². The zero-order chi connectivity index (χ0) is 28.1. The average molecular weight is 594 g/mol. The van der Waals surface area contributed by atoms with E-state index in [2.05, 4.69) is 10.3 Å². The summed E-state index contributed by atoms with van der Waals surface area (Å²) >= 11 is 12.4. The van der Waals surface area contributed by atoms with Gasteiger partial charge in [-0.3, -0.25) is 4.79 Å². The Morgan fingerprint density at radius 2 is 1.90 bits per heavy atom. The van der Waals surface area contributed by atoms with Gasteiger partial charge in [0.05, 0.1) is 16.2 Å². The van der Waals surface area contributed by atoms with Crippen LogP contribution < -0.4 is 15.8 Å². The Labute approximate surface area is 236 Å². The number of nitrogens with two attached hydrogens (primary N) is 1. The summed E-state index contributed by atoms with van der Waals surface area (Å²) in [5, 5.41) is 3.09. The molecule has 2 aliphatic heterocycles. The summed E-state index contributed by atoms with van der Waals surface area (Å²) in [4.78, 5) is 17.4. The van der Waals surface area contributed by atoms with Crippen LogP contribution in [0, 0.1) is 5.82 Å². The SMILES string of the molecule is CCS(=O)(=O)N1CCC2(CC1)C(=O)Nc1ccc(-c3cnc(N)c(O[C@H](C)c4c(Cl)ccc(F)c4Cl)c3)cc12. The summed E-state index contributed by atoms with van der Waals surface area (Å²) < 4.78 is 46.3. The van der Waals surface area contributed by atoms with Gasteiger partial charge in [0.1, 0.15) is 11.9 Å². The third-order valence-electron chi connectivity index (χ3n) is 7.56. The number of rotatable bonds is 6. The van der Waals surface area contributed by atoms with Gasteiger partial charge in [-0.2, -0.15) is 0 Å². The van der Waals surface area contributed by atoms with E-state index in [1.807, 2.05) is 18.2 Å². The van der Waals surface area contributed by atoms with Crippen molar-refractivity contribution in [3.8, 4) is 16.9 Å². The van der Waals surface area contributed by atoms with Crippen LogP contribution in [-0.2, 0) is 20.2 Å². The van der Waals surface area contributed by atoms with Crippen LogP contribution in [0.25, 0.3) is 11.1 Å². The summed E-state index contributed by atoms with van der Waals surface area (Å²) in [5.41, 5.74) is 8.57. The number of anilines is 2. The van der Waals surface area contributed by atoms with Gasteiger partial charge < -0.3 is 15.8 Å². The van der Waals surface area contributed by atoms with Gasteiger partial charge >= 0.3 is 0 Å². The molecule has 1 atom stereocenters. The van der Waals surface area contributed by atoms with Crippen LogP contribution in [0.4, 0.5) is 15.9 Å². The van der Waals surface area contributed by atoms with Crippen molar-refractivity contribution >= 4 is 50.6 Å². The minimum absolute atomic E-state index is 0.0255. The third-order valence-corrected chi connectivity index (χ3v) is 10.2. The molecule has 1 amide bonds. The lowest BCUT2D eigenvalue weighted by molar-refractivity contribution is -0.122. The van der Waals surface area contributed by atoms with Gasteiger partial charge in [0.25, 0.3) is 0 Å². The molecule has 0 aliphatic carbocycles. The number of amides is 1. The number of pyridine rings is 1. The van der Waals surface area contributed by atoms with Gasteiger partial charge in [0.2, 0.25) is 15.9 Å². The maximum atomic E-state index is 14.1. The van der Waals surface area contributed by atoms with Crippen LogP contribution in [0.2, 0.25) is 10.0 Å². The van der Waals surface area contributed by atoms with Crippen LogP contribution >= 0.6 is 23.2 Å². The second-order valence-corrected chi connectivity index (χ2v) is 12.8. The van der Waals surface area contributed by atoms with Crippen molar-refractivity contribution in [3.05, 3.63) is 69.6 Å². The Kier molecular flexibility index (Phi) is 7.26.